The van der Waals surface area contributed by atoms with E-state index in [1.807, 2.05) is 36.4 Å². The maximum Gasteiger partial charge on any atom is 0.333 e. The zero-order chi connectivity index (χ0) is 16.1. The van der Waals surface area contributed by atoms with Gasteiger partial charge in [0.15, 0.2) is 0 Å². The molecule has 0 amide bonds. The van der Waals surface area contributed by atoms with Crippen molar-refractivity contribution in [3.63, 3.8) is 0 Å². The predicted molar refractivity (Wildman–Crippen MR) is 91.9 cm³/mol. The number of esters is 1. The Labute approximate surface area is 128 Å². The molecule has 0 bridgehead atoms. The zero-order valence-electron chi connectivity index (χ0n) is 13.2. The quantitative estimate of drug-likeness (QED) is 0.388. The molecule has 1 rings (SSSR count). The molecule has 0 fully saturated rings. The van der Waals surface area contributed by atoms with Crippen LogP contribution in [0.4, 0.5) is 0 Å². The van der Waals surface area contributed by atoms with E-state index in [2.05, 4.69) is 26.7 Å². The van der Waals surface area contributed by atoms with Crippen molar-refractivity contribution in [1.82, 2.24) is 0 Å². The molecule has 21 heavy (non-hydrogen) atoms. The van der Waals surface area contributed by atoms with Crippen LogP contribution in [0, 0.1) is 0 Å². The summed E-state index contributed by atoms with van der Waals surface area (Å²) in [6.07, 6.45) is 6.87. The number of benzene rings is 1. The number of ether oxygens (including phenoxy) is 1. The van der Waals surface area contributed by atoms with E-state index in [4.69, 9.17) is 4.74 Å². The number of hydrogen-bond donors (Lipinski definition) is 0. The molecule has 0 aliphatic heterocycles. The lowest BCUT2D eigenvalue weighted by molar-refractivity contribution is -0.139. The Morgan fingerprint density at radius 2 is 1.67 bits per heavy atom. The fourth-order valence-corrected chi connectivity index (χ4v) is 1.52. The van der Waals surface area contributed by atoms with Crippen LogP contribution in [0.2, 0.25) is 0 Å². The molecule has 0 spiro atoms. The summed E-state index contributed by atoms with van der Waals surface area (Å²) in [5.41, 5.74) is 2.75. The Morgan fingerprint density at radius 3 is 2.05 bits per heavy atom. The van der Waals surface area contributed by atoms with E-state index in [1.165, 1.54) is 0 Å². The topological polar surface area (TPSA) is 26.3 Å². The molecule has 0 aromatic heterocycles. The van der Waals surface area contributed by atoms with Crippen LogP contribution < -0.4 is 0 Å². The van der Waals surface area contributed by atoms with Gasteiger partial charge in [-0.05, 0) is 24.5 Å². The summed E-state index contributed by atoms with van der Waals surface area (Å²) in [6.45, 7) is 15.2. The van der Waals surface area contributed by atoms with Gasteiger partial charge in [-0.15, -0.1) is 0 Å². The first-order chi connectivity index (χ1) is 10.1. The van der Waals surface area contributed by atoms with Crippen molar-refractivity contribution in [3.8, 4) is 0 Å². The minimum Gasteiger partial charge on any atom is -0.462 e. The predicted octanol–water partition coefficient (Wildman–Crippen LogP) is 5.27. The fourth-order valence-electron chi connectivity index (χ4n) is 1.52. The van der Waals surface area contributed by atoms with Crippen molar-refractivity contribution in [2.75, 3.05) is 6.61 Å². The maximum atomic E-state index is 10.8. The van der Waals surface area contributed by atoms with Crippen LogP contribution in [0.5, 0.6) is 0 Å². The Bertz CT molecular complexity index is 445. The minimum absolute atomic E-state index is 0.277. The second-order valence-corrected chi connectivity index (χ2v) is 4.66. The molecule has 0 saturated heterocycles. The average Bonchev–Trinajstić information content (AvgIpc) is 2.51. The summed E-state index contributed by atoms with van der Waals surface area (Å²) in [4.78, 5) is 10.8. The molecule has 2 heteroatoms. The number of carbonyl (C=O) groups is 1. The molecule has 114 valence electrons. The highest BCUT2D eigenvalue weighted by molar-refractivity contribution is 5.86. The Morgan fingerprint density at radius 1 is 1.14 bits per heavy atom. The largest absolute Gasteiger partial charge is 0.462 e. The molecule has 2 nitrogen and oxygen atoms in total. The molecule has 0 unspecified atom stereocenters. The van der Waals surface area contributed by atoms with Gasteiger partial charge < -0.3 is 4.74 Å². The average molecular weight is 286 g/mol. The van der Waals surface area contributed by atoms with Gasteiger partial charge in [0.2, 0.25) is 0 Å². The molecular weight excluding hydrogens is 260 g/mol. The number of hydrogen-bond acceptors (Lipinski definition) is 2. The molecule has 0 aliphatic rings. The van der Waals surface area contributed by atoms with Crippen LogP contribution in [0.15, 0.2) is 49.6 Å². The first kappa shape index (κ1) is 18.9. The Balaban J connectivity index is 0.000000382. The van der Waals surface area contributed by atoms with Gasteiger partial charge in [-0.1, -0.05) is 75.9 Å². The van der Waals surface area contributed by atoms with Crippen LogP contribution in [-0.4, -0.2) is 12.6 Å². The monoisotopic (exact) mass is 286 g/mol. The van der Waals surface area contributed by atoms with Gasteiger partial charge in [-0.2, -0.15) is 0 Å². The van der Waals surface area contributed by atoms with E-state index in [9.17, 15) is 4.79 Å². The fraction of sp³-hybridized carbons (Fsp3) is 0.316. The van der Waals surface area contributed by atoms with Crippen LogP contribution in [0.3, 0.4) is 0 Å². The molecule has 0 saturated carbocycles. The third kappa shape index (κ3) is 8.64. The lowest BCUT2D eigenvalue weighted by Gasteiger charge is -2.02. The standard InChI is InChI=1S/C10H10.C9H16O2/c1-3-9-7-5-6-8-10(9)4-2;1-4-5-6-7-11-9(10)8(2)3/h3-8H,1-2H2;2,4-7H2,1,3H3. The van der Waals surface area contributed by atoms with E-state index >= 15 is 0 Å². The van der Waals surface area contributed by atoms with Crippen molar-refractivity contribution in [2.45, 2.75) is 33.1 Å². The molecular formula is C19H26O2. The summed E-state index contributed by atoms with van der Waals surface area (Å²) >= 11 is 0. The van der Waals surface area contributed by atoms with Gasteiger partial charge >= 0.3 is 5.97 Å². The molecule has 0 aliphatic carbocycles. The van der Waals surface area contributed by atoms with Crippen LogP contribution in [0.1, 0.15) is 44.2 Å². The lowest BCUT2D eigenvalue weighted by atomic mass is 10.1. The molecule has 0 heterocycles. The third-order valence-electron chi connectivity index (χ3n) is 2.77. The lowest BCUT2D eigenvalue weighted by Crippen LogP contribution is -2.05. The van der Waals surface area contributed by atoms with Crippen LogP contribution >= 0.6 is 0 Å². The van der Waals surface area contributed by atoms with E-state index < -0.39 is 0 Å². The third-order valence-corrected chi connectivity index (χ3v) is 2.77. The van der Waals surface area contributed by atoms with Crippen LogP contribution in [-0.2, 0) is 9.53 Å². The molecule has 1 aromatic rings. The van der Waals surface area contributed by atoms with Gasteiger partial charge in [0, 0.05) is 5.57 Å². The Hall–Kier alpha value is -2.09. The normalized spacial score (nSPS) is 9.05. The molecule has 1 aromatic carbocycles. The molecule has 0 N–H and O–H groups in total. The summed E-state index contributed by atoms with van der Waals surface area (Å²) < 4.78 is 4.87. The number of rotatable bonds is 7. The minimum atomic E-state index is -0.277. The summed E-state index contributed by atoms with van der Waals surface area (Å²) in [6, 6.07) is 8.02. The summed E-state index contributed by atoms with van der Waals surface area (Å²) in [7, 11) is 0. The summed E-state index contributed by atoms with van der Waals surface area (Å²) in [5.74, 6) is -0.277. The summed E-state index contributed by atoms with van der Waals surface area (Å²) in [5, 5.41) is 0. The van der Waals surface area contributed by atoms with Crippen molar-refractivity contribution in [3.05, 3.63) is 60.7 Å². The first-order valence-corrected chi connectivity index (χ1v) is 7.23. The van der Waals surface area contributed by atoms with Crippen molar-refractivity contribution in [2.24, 2.45) is 0 Å². The van der Waals surface area contributed by atoms with E-state index in [0.29, 0.717) is 12.2 Å². The van der Waals surface area contributed by atoms with Gasteiger partial charge in [0.1, 0.15) is 0 Å². The van der Waals surface area contributed by atoms with E-state index in [-0.39, 0.29) is 5.97 Å². The van der Waals surface area contributed by atoms with E-state index in [1.54, 1.807) is 6.92 Å². The zero-order valence-corrected chi connectivity index (χ0v) is 13.2. The van der Waals surface area contributed by atoms with Crippen LogP contribution in [0.25, 0.3) is 12.2 Å². The van der Waals surface area contributed by atoms with Gasteiger partial charge in [-0.3, -0.25) is 0 Å². The maximum absolute atomic E-state index is 10.8. The molecule has 0 radical (unpaired) electrons. The highest BCUT2D eigenvalue weighted by Crippen LogP contribution is 2.10. The smallest absolute Gasteiger partial charge is 0.333 e. The second-order valence-electron chi connectivity index (χ2n) is 4.66. The van der Waals surface area contributed by atoms with Gasteiger partial charge in [0.05, 0.1) is 6.61 Å². The SMILES string of the molecule is C=C(C)C(=O)OCCCCC.C=Cc1ccccc1C=C. The highest BCUT2D eigenvalue weighted by Gasteiger charge is 2.00. The van der Waals surface area contributed by atoms with Gasteiger partial charge in [0.25, 0.3) is 0 Å². The highest BCUT2D eigenvalue weighted by atomic mass is 16.5. The van der Waals surface area contributed by atoms with Gasteiger partial charge in [-0.25, -0.2) is 4.79 Å². The first-order valence-electron chi connectivity index (χ1n) is 7.23. The van der Waals surface area contributed by atoms with E-state index in [0.717, 1.165) is 30.4 Å². The van der Waals surface area contributed by atoms with Crippen molar-refractivity contribution in [1.29, 1.82) is 0 Å². The second kappa shape index (κ2) is 11.7. The van der Waals surface area contributed by atoms with Crippen molar-refractivity contribution >= 4 is 18.1 Å². The number of carbonyl (C=O) groups excluding carboxylic acids is 1. The Kier molecular flexibility index (Phi) is 10.5. The number of unbranched alkanes of at least 4 members (excludes halogenated alkanes) is 2. The molecule has 0 atom stereocenters. The van der Waals surface area contributed by atoms with Crippen molar-refractivity contribution < 1.29 is 9.53 Å².